The quantitative estimate of drug-likeness (QED) is 0.773. The van der Waals surface area contributed by atoms with E-state index in [1.807, 2.05) is 13.0 Å². The first-order valence-corrected chi connectivity index (χ1v) is 10.4. The van der Waals surface area contributed by atoms with Crippen molar-refractivity contribution in [3.05, 3.63) is 29.6 Å². The van der Waals surface area contributed by atoms with E-state index in [0.717, 1.165) is 51.4 Å². The normalized spacial score (nSPS) is 25.5. The second-order valence-corrected chi connectivity index (χ2v) is 8.65. The lowest BCUT2D eigenvalue weighted by Crippen LogP contribution is -2.56. The molecule has 0 spiro atoms. The molecule has 0 bridgehead atoms. The molecule has 2 fully saturated rings. The van der Waals surface area contributed by atoms with Gasteiger partial charge in [-0.1, -0.05) is 19.9 Å². The molecule has 1 amide bonds. The van der Waals surface area contributed by atoms with Crippen LogP contribution < -0.4 is 4.74 Å². The maximum atomic E-state index is 13.9. The third-order valence-corrected chi connectivity index (χ3v) is 6.11. The van der Waals surface area contributed by atoms with Gasteiger partial charge >= 0.3 is 0 Å². The molecule has 1 aromatic carbocycles. The van der Waals surface area contributed by atoms with Crippen LogP contribution in [-0.2, 0) is 11.3 Å². The number of nitrogens with zero attached hydrogens (tertiary/aromatic N) is 3. The Kier molecular flexibility index (Phi) is 6.94. The molecule has 5 nitrogen and oxygen atoms in total. The zero-order valence-electron chi connectivity index (χ0n) is 17.7. The largest absolute Gasteiger partial charge is 0.494 e. The molecule has 0 radical (unpaired) electrons. The predicted octanol–water partition coefficient (Wildman–Crippen LogP) is 2.84. The molecule has 3 rings (SSSR count). The van der Waals surface area contributed by atoms with Crippen LogP contribution in [0.5, 0.6) is 5.75 Å². The Morgan fingerprint density at radius 2 is 1.82 bits per heavy atom. The molecule has 156 valence electrons. The molecule has 1 aromatic rings. The third-order valence-electron chi connectivity index (χ3n) is 6.11. The smallest absolute Gasteiger partial charge is 0.239 e. The average molecular weight is 392 g/mol. The van der Waals surface area contributed by atoms with Crippen LogP contribution in [-0.4, -0.2) is 73.0 Å². The van der Waals surface area contributed by atoms with Crippen LogP contribution in [0.2, 0.25) is 0 Å². The number of hydrogen-bond acceptors (Lipinski definition) is 4. The number of likely N-dealkylation sites (tertiary alicyclic amines) is 1. The second-order valence-electron chi connectivity index (χ2n) is 8.65. The molecule has 0 unspecified atom stereocenters. The molecular formula is C22H34FN3O2. The van der Waals surface area contributed by atoms with E-state index >= 15 is 0 Å². The van der Waals surface area contributed by atoms with E-state index in [4.69, 9.17) is 4.74 Å². The summed E-state index contributed by atoms with van der Waals surface area (Å²) in [6, 6.07) is 5.08. The number of amides is 1. The Labute approximate surface area is 168 Å². The van der Waals surface area contributed by atoms with Gasteiger partial charge in [0.2, 0.25) is 5.91 Å². The molecule has 6 heteroatoms. The van der Waals surface area contributed by atoms with Crippen LogP contribution in [0.1, 0.15) is 32.8 Å². The molecule has 2 saturated heterocycles. The van der Waals surface area contributed by atoms with Crippen molar-refractivity contribution in [3.63, 3.8) is 0 Å². The summed E-state index contributed by atoms with van der Waals surface area (Å²) >= 11 is 0. The SMILES string of the molecule is COc1ccc(CN2CCN([C@H](C)C(=O)N3C[C@@H](C)C[C@H](C)C3)CC2)cc1F. The van der Waals surface area contributed by atoms with Gasteiger partial charge in [0, 0.05) is 45.8 Å². The van der Waals surface area contributed by atoms with Gasteiger partial charge < -0.3 is 9.64 Å². The summed E-state index contributed by atoms with van der Waals surface area (Å²) in [5.41, 5.74) is 0.951. The van der Waals surface area contributed by atoms with Crippen molar-refractivity contribution in [1.82, 2.24) is 14.7 Å². The average Bonchev–Trinajstić information content (AvgIpc) is 2.67. The van der Waals surface area contributed by atoms with Crippen molar-refractivity contribution in [2.75, 3.05) is 46.4 Å². The fourth-order valence-electron chi connectivity index (χ4n) is 4.64. The number of carbonyl (C=O) groups excluding carboxylic acids is 1. The highest BCUT2D eigenvalue weighted by Crippen LogP contribution is 2.23. The van der Waals surface area contributed by atoms with Gasteiger partial charge in [-0.3, -0.25) is 14.6 Å². The lowest BCUT2D eigenvalue weighted by atomic mass is 9.91. The van der Waals surface area contributed by atoms with E-state index in [0.29, 0.717) is 11.8 Å². The van der Waals surface area contributed by atoms with E-state index in [1.54, 1.807) is 12.1 Å². The van der Waals surface area contributed by atoms with Gasteiger partial charge in [-0.25, -0.2) is 4.39 Å². The van der Waals surface area contributed by atoms with Crippen molar-refractivity contribution in [2.45, 2.75) is 39.8 Å². The highest BCUT2D eigenvalue weighted by molar-refractivity contribution is 5.81. The molecule has 0 aliphatic carbocycles. The number of rotatable bonds is 5. The number of carbonyl (C=O) groups is 1. The van der Waals surface area contributed by atoms with Gasteiger partial charge in [0.25, 0.3) is 0 Å². The van der Waals surface area contributed by atoms with Crippen molar-refractivity contribution >= 4 is 5.91 Å². The number of halogens is 1. The Morgan fingerprint density at radius 1 is 1.18 bits per heavy atom. The van der Waals surface area contributed by atoms with Gasteiger partial charge in [-0.05, 0) is 42.9 Å². The van der Waals surface area contributed by atoms with Crippen LogP contribution in [0, 0.1) is 17.7 Å². The summed E-state index contributed by atoms with van der Waals surface area (Å²) in [4.78, 5) is 19.6. The summed E-state index contributed by atoms with van der Waals surface area (Å²) in [5.74, 6) is 1.40. The van der Waals surface area contributed by atoms with Gasteiger partial charge in [0.1, 0.15) is 0 Å². The molecule has 2 heterocycles. The minimum absolute atomic E-state index is 0.0712. The Bertz CT molecular complexity index is 666. The van der Waals surface area contributed by atoms with Crippen molar-refractivity contribution in [1.29, 1.82) is 0 Å². The number of benzene rings is 1. The maximum Gasteiger partial charge on any atom is 0.239 e. The first-order chi connectivity index (χ1) is 13.4. The summed E-state index contributed by atoms with van der Waals surface area (Å²) in [7, 11) is 1.48. The van der Waals surface area contributed by atoms with E-state index in [1.165, 1.54) is 13.5 Å². The number of ether oxygens (including phenoxy) is 1. The molecule has 28 heavy (non-hydrogen) atoms. The minimum Gasteiger partial charge on any atom is -0.494 e. The number of hydrogen-bond donors (Lipinski definition) is 0. The molecule has 3 atom stereocenters. The summed E-state index contributed by atoms with van der Waals surface area (Å²) < 4.78 is 18.9. The van der Waals surface area contributed by atoms with Gasteiger partial charge in [-0.2, -0.15) is 0 Å². The van der Waals surface area contributed by atoms with E-state index < -0.39 is 0 Å². The lowest BCUT2D eigenvalue weighted by molar-refractivity contribution is -0.139. The zero-order valence-corrected chi connectivity index (χ0v) is 17.7. The Morgan fingerprint density at radius 3 is 2.39 bits per heavy atom. The van der Waals surface area contributed by atoms with E-state index in [9.17, 15) is 9.18 Å². The van der Waals surface area contributed by atoms with Crippen LogP contribution in [0.4, 0.5) is 4.39 Å². The fourth-order valence-corrected chi connectivity index (χ4v) is 4.64. The first-order valence-electron chi connectivity index (χ1n) is 10.4. The molecule has 0 aromatic heterocycles. The Hall–Kier alpha value is -1.66. The molecule has 2 aliphatic heterocycles. The van der Waals surface area contributed by atoms with Crippen molar-refractivity contribution < 1.29 is 13.9 Å². The highest BCUT2D eigenvalue weighted by atomic mass is 19.1. The van der Waals surface area contributed by atoms with Crippen LogP contribution >= 0.6 is 0 Å². The maximum absolute atomic E-state index is 13.9. The van der Waals surface area contributed by atoms with Crippen molar-refractivity contribution in [3.8, 4) is 5.75 Å². The summed E-state index contributed by atoms with van der Waals surface area (Å²) in [6.07, 6.45) is 1.21. The molecule has 0 saturated carbocycles. The molecular weight excluding hydrogens is 357 g/mol. The first kappa shape index (κ1) is 21.1. The zero-order chi connectivity index (χ0) is 20.3. The van der Waals surface area contributed by atoms with Crippen molar-refractivity contribution in [2.24, 2.45) is 11.8 Å². The third kappa shape index (κ3) is 5.03. The fraction of sp³-hybridized carbons (Fsp3) is 0.682. The van der Waals surface area contributed by atoms with Crippen LogP contribution in [0.25, 0.3) is 0 Å². The number of piperazine rings is 1. The highest BCUT2D eigenvalue weighted by Gasteiger charge is 2.32. The van der Waals surface area contributed by atoms with Crippen LogP contribution in [0.15, 0.2) is 18.2 Å². The predicted molar refractivity (Wildman–Crippen MR) is 109 cm³/mol. The van der Waals surface area contributed by atoms with Gasteiger partial charge in [-0.15, -0.1) is 0 Å². The molecule has 0 N–H and O–H groups in total. The number of methoxy groups -OCH3 is 1. The van der Waals surface area contributed by atoms with E-state index in [-0.39, 0.29) is 23.5 Å². The summed E-state index contributed by atoms with van der Waals surface area (Å²) in [5, 5.41) is 0. The van der Waals surface area contributed by atoms with Gasteiger partial charge in [0.15, 0.2) is 11.6 Å². The standard InChI is InChI=1S/C22H34FN3O2/c1-16-11-17(2)14-26(13-16)22(27)18(3)25-9-7-24(8-10-25)15-19-5-6-21(28-4)20(23)12-19/h5-6,12,16-18H,7-11,13-15H2,1-4H3/t16-,17-,18+/m0/s1. The second kappa shape index (κ2) is 9.23. The number of piperidine rings is 1. The van der Waals surface area contributed by atoms with Crippen LogP contribution in [0.3, 0.4) is 0 Å². The molecule has 2 aliphatic rings. The monoisotopic (exact) mass is 391 g/mol. The minimum atomic E-state index is -0.317. The van der Waals surface area contributed by atoms with E-state index in [2.05, 4.69) is 28.5 Å². The topological polar surface area (TPSA) is 36.0 Å². The van der Waals surface area contributed by atoms with Gasteiger partial charge in [0.05, 0.1) is 13.2 Å². The lowest BCUT2D eigenvalue weighted by Gasteiger charge is -2.41. The summed E-state index contributed by atoms with van der Waals surface area (Å²) in [6.45, 7) is 12.5. The Balaban J connectivity index is 1.50.